The Balaban J connectivity index is 1.60. The molecule has 0 spiro atoms. The van der Waals surface area contributed by atoms with Crippen LogP contribution in [0.15, 0.2) is 46.8 Å². The first-order valence-electron chi connectivity index (χ1n) is 11.2. The molecule has 0 radical (unpaired) electrons. The molecular formula is C25H33N3O. The van der Waals surface area contributed by atoms with Crippen LogP contribution in [-0.2, 0) is 11.2 Å². The van der Waals surface area contributed by atoms with Gasteiger partial charge in [0.25, 0.3) is 0 Å². The van der Waals surface area contributed by atoms with Crippen molar-refractivity contribution in [2.24, 2.45) is 4.99 Å². The number of rotatable bonds is 1. The van der Waals surface area contributed by atoms with E-state index in [4.69, 9.17) is 9.73 Å². The average Bonchev–Trinajstić information content (AvgIpc) is 3.45. The molecule has 0 aromatic carbocycles. The zero-order valence-corrected chi connectivity index (χ0v) is 17.8. The van der Waals surface area contributed by atoms with Crippen LogP contribution in [-0.4, -0.2) is 22.8 Å². The minimum atomic E-state index is 0.551. The van der Waals surface area contributed by atoms with Crippen molar-refractivity contribution in [1.82, 2.24) is 9.97 Å². The first-order valence-corrected chi connectivity index (χ1v) is 11.2. The molecule has 154 valence electrons. The molecular weight excluding hydrogens is 358 g/mol. The standard InChI is InChI=1S/C25H33N3O/c1-18-10-8-6-4-3-5-7-9-11-19-12-13-20(26-19)16-24-25(29-2)17-23(28-24)22-15-14-21(18)27-22/h12-18,26-27H,3-11H2,1-2H3/b24-16-/t18-/m1/s1. The molecule has 29 heavy (non-hydrogen) atoms. The summed E-state index contributed by atoms with van der Waals surface area (Å²) in [7, 11) is 1.71. The lowest BCUT2D eigenvalue weighted by Gasteiger charge is -2.09. The van der Waals surface area contributed by atoms with Crippen LogP contribution in [0, 0.1) is 0 Å². The molecule has 1 atom stereocenters. The normalized spacial score (nSPS) is 23.0. The van der Waals surface area contributed by atoms with Crippen molar-refractivity contribution >= 4 is 11.8 Å². The number of allylic oxidation sites excluding steroid dienone is 1. The third kappa shape index (κ3) is 4.92. The van der Waals surface area contributed by atoms with Crippen molar-refractivity contribution in [2.45, 2.75) is 70.6 Å². The molecule has 6 bridgehead atoms. The molecule has 2 aliphatic heterocycles. The van der Waals surface area contributed by atoms with Crippen molar-refractivity contribution in [3.8, 4) is 0 Å². The molecule has 0 fully saturated rings. The van der Waals surface area contributed by atoms with E-state index in [2.05, 4.69) is 47.2 Å². The van der Waals surface area contributed by atoms with E-state index in [1.807, 2.05) is 6.08 Å². The van der Waals surface area contributed by atoms with Gasteiger partial charge in [-0.15, -0.1) is 0 Å². The highest BCUT2D eigenvalue weighted by Gasteiger charge is 2.19. The zero-order chi connectivity index (χ0) is 20.1. The summed E-state index contributed by atoms with van der Waals surface area (Å²) in [5.41, 5.74) is 6.56. The maximum Gasteiger partial charge on any atom is 0.146 e. The Morgan fingerprint density at radius 1 is 0.897 bits per heavy atom. The Hall–Kier alpha value is -2.49. The van der Waals surface area contributed by atoms with E-state index in [-0.39, 0.29) is 0 Å². The van der Waals surface area contributed by atoms with Crippen molar-refractivity contribution in [3.63, 3.8) is 0 Å². The van der Waals surface area contributed by atoms with Crippen LogP contribution >= 0.6 is 0 Å². The van der Waals surface area contributed by atoms with Crippen molar-refractivity contribution in [3.05, 3.63) is 64.6 Å². The maximum atomic E-state index is 5.60. The highest BCUT2D eigenvalue weighted by atomic mass is 16.5. The summed E-state index contributed by atoms with van der Waals surface area (Å²) in [6, 6.07) is 8.69. The number of ether oxygens (including phenoxy) is 1. The minimum Gasteiger partial charge on any atom is -0.494 e. The molecule has 4 nitrogen and oxygen atoms in total. The van der Waals surface area contributed by atoms with Crippen molar-refractivity contribution in [1.29, 1.82) is 0 Å². The number of hydrogen-bond donors (Lipinski definition) is 2. The largest absolute Gasteiger partial charge is 0.494 e. The number of methoxy groups -OCH3 is 1. The van der Waals surface area contributed by atoms with Gasteiger partial charge in [0.2, 0.25) is 0 Å². The summed E-state index contributed by atoms with van der Waals surface area (Å²) in [6.45, 7) is 2.32. The van der Waals surface area contributed by atoms with Gasteiger partial charge in [0.15, 0.2) is 0 Å². The highest BCUT2D eigenvalue weighted by molar-refractivity contribution is 6.11. The van der Waals surface area contributed by atoms with Gasteiger partial charge in [-0.2, -0.15) is 0 Å². The molecule has 0 saturated carbocycles. The Bertz CT molecular complexity index is 912. The predicted molar refractivity (Wildman–Crippen MR) is 120 cm³/mol. The molecule has 4 rings (SSSR count). The van der Waals surface area contributed by atoms with E-state index in [0.29, 0.717) is 5.92 Å². The number of aryl methyl sites for hydroxylation is 1. The van der Waals surface area contributed by atoms with Gasteiger partial charge in [0.05, 0.1) is 18.5 Å². The second kappa shape index (κ2) is 9.34. The zero-order valence-electron chi connectivity index (χ0n) is 17.8. The maximum absolute atomic E-state index is 5.60. The summed E-state index contributed by atoms with van der Waals surface area (Å²) < 4.78 is 5.60. The predicted octanol–water partition coefficient (Wildman–Crippen LogP) is 6.50. The quantitative estimate of drug-likeness (QED) is 0.573. The number of aromatic nitrogens is 2. The molecule has 2 aliphatic rings. The van der Waals surface area contributed by atoms with Crippen LogP contribution in [0.5, 0.6) is 0 Å². The minimum absolute atomic E-state index is 0.551. The lowest BCUT2D eigenvalue weighted by molar-refractivity contribution is 0.303. The van der Waals surface area contributed by atoms with Crippen molar-refractivity contribution < 1.29 is 4.74 Å². The lowest BCUT2D eigenvalue weighted by Crippen LogP contribution is -1.98. The third-order valence-corrected chi connectivity index (χ3v) is 6.14. The van der Waals surface area contributed by atoms with Gasteiger partial charge in [-0.1, -0.05) is 45.4 Å². The van der Waals surface area contributed by atoms with Crippen molar-refractivity contribution in [2.75, 3.05) is 7.11 Å². The molecule has 2 aromatic heterocycles. The number of nitrogens with zero attached hydrogens (tertiary/aromatic N) is 1. The molecule has 0 unspecified atom stereocenters. The third-order valence-electron chi connectivity index (χ3n) is 6.14. The van der Waals surface area contributed by atoms with Gasteiger partial charge < -0.3 is 14.7 Å². The Labute approximate surface area is 174 Å². The average molecular weight is 392 g/mol. The Kier molecular flexibility index (Phi) is 6.38. The summed E-state index contributed by atoms with van der Waals surface area (Å²) in [6.07, 6.45) is 15.8. The second-order valence-electron chi connectivity index (χ2n) is 8.42. The molecule has 2 N–H and O–H groups in total. The molecule has 2 aromatic rings. The van der Waals surface area contributed by atoms with Gasteiger partial charge in [0.1, 0.15) is 11.5 Å². The summed E-state index contributed by atoms with van der Waals surface area (Å²) in [5, 5.41) is 0. The molecule has 4 heterocycles. The van der Waals surface area contributed by atoms with Gasteiger partial charge in [-0.25, -0.2) is 4.99 Å². The highest BCUT2D eigenvalue weighted by Crippen LogP contribution is 2.27. The number of hydrogen-bond acceptors (Lipinski definition) is 2. The van der Waals surface area contributed by atoms with E-state index in [0.717, 1.165) is 35.0 Å². The second-order valence-corrected chi connectivity index (χ2v) is 8.42. The number of fused-ring (bicyclic) bond motifs is 6. The molecule has 4 heteroatoms. The smallest absolute Gasteiger partial charge is 0.146 e. The van der Waals surface area contributed by atoms with E-state index in [1.165, 1.54) is 62.8 Å². The SMILES string of the molecule is COC1=CC2=N/C1=C\c1ccc([nH]1)CCCCCCCCC[C@@H](C)c1ccc2[nH]1. The number of aromatic amines is 2. The fourth-order valence-corrected chi connectivity index (χ4v) is 4.31. The van der Waals surface area contributed by atoms with Crippen LogP contribution in [0.1, 0.15) is 87.0 Å². The Morgan fingerprint density at radius 2 is 1.69 bits per heavy atom. The van der Waals surface area contributed by atoms with E-state index in [1.54, 1.807) is 7.11 Å². The summed E-state index contributed by atoms with van der Waals surface area (Å²) in [4.78, 5) is 12.0. The molecule has 0 amide bonds. The fourth-order valence-electron chi connectivity index (χ4n) is 4.31. The first-order chi connectivity index (χ1) is 14.2. The van der Waals surface area contributed by atoms with E-state index in [9.17, 15) is 0 Å². The Morgan fingerprint density at radius 3 is 2.52 bits per heavy atom. The number of nitrogens with one attached hydrogen (secondary N) is 2. The van der Waals surface area contributed by atoms with Gasteiger partial charge >= 0.3 is 0 Å². The summed E-state index contributed by atoms with van der Waals surface area (Å²) in [5.74, 6) is 1.36. The van der Waals surface area contributed by atoms with Crippen LogP contribution in [0.3, 0.4) is 0 Å². The number of aliphatic imine (C=N–C) groups is 1. The van der Waals surface area contributed by atoms with Gasteiger partial charge in [0, 0.05) is 23.2 Å². The van der Waals surface area contributed by atoms with E-state index < -0.39 is 0 Å². The van der Waals surface area contributed by atoms with Crippen LogP contribution in [0.2, 0.25) is 0 Å². The fraction of sp³-hybridized carbons (Fsp3) is 0.480. The van der Waals surface area contributed by atoms with Crippen LogP contribution < -0.4 is 0 Å². The molecule has 0 saturated heterocycles. The summed E-state index contributed by atoms with van der Waals surface area (Å²) >= 11 is 0. The van der Waals surface area contributed by atoms with Crippen LogP contribution in [0.25, 0.3) is 6.08 Å². The van der Waals surface area contributed by atoms with Gasteiger partial charge in [-0.3, -0.25) is 0 Å². The van der Waals surface area contributed by atoms with E-state index >= 15 is 0 Å². The number of H-pyrrole nitrogens is 2. The lowest BCUT2D eigenvalue weighted by atomic mass is 9.99. The van der Waals surface area contributed by atoms with Crippen LogP contribution in [0.4, 0.5) is 0 Å². The topological polar surface area (TPSA) is 53.2 Å². The van der Waals surface area contributed by atoms with Gasteiger partial charge in [-0.05, 0) is 55.5 Å². The first kappa shape index (κ1) is 19.8. The molecule has 0 aliphatic carbocycles. The monoisotopic (exact) mass is 391 g/mol.